The maximum atomic E-state index is 3.62. The molecule has 0 aromatic heterocycles. The molecule has 0 atom stereocenters. The van der Waals surface area contributed by atoms with E-state index < -0.39 is 0 Å². The fourth-order valence-electron chi connectivity index (χ4n) is 1.94. The number of aryl methyl sites for hydroxylation is 1. The Bertz CT molecular complexity index is 374. The number of hydrogen-bond acceptors (Lipinski definition) is 2. The summed E-state index contributed by atoms with van der Waals surface area (Å²) in [6, 6.07) is 7.35. The topological polar surface area (TPSA) is 15.3 Å². The number of nitrogens with one attached hydrogen (secondary N) is 1. The van der Waals surface area contributed by atoms with Gasteiger partial charge in [0.2, 0.25) is 0 Å². The molecule has 17 heavy (non-hydrogen) atoms. The first-order valence-electron chi connectivity index (χ1n) is 6.32. The first kappa shape index (κ1) is 13.1. The lowest BCUT2D eigenvalue weighted by molar-refractivity contribution is 0.323. The predicted molar refractivity (Wildman–Crippen MR) is 76.2 cm³/mol. The van der Waals surface area contributed by atoms with E-state index in [0.717, 1.165) is 25.7 Å². The van der Waals surface area contributed by atoms with Crippen molar-refractivity contribution in [1.82, 2.24) is 10.2 Å². The molecule has 0 radical (unpaired) electrons. The van der Waals surface area contributed by atoms with Crippen LogP contribution in [-0.4, -0.2) is 31.1 Å². The van der Waals surface area contributed by atoms with E-state index in [-0.39, 0.29) is 0 Å². The third kappa shape index (κ3) is 4.41. The summed E-state index contributed by atoms with van der Waals surface area (Å²) in [5, 5.41) is 3.55. The van der Waals surface area contributed by atoms with Crippen molar-refractivity contribution in [1.29, 1.82) is 0 Å². The number of likely N-dealkylation sites (N-methyl/N-ethyl adjacent to an activating group) is 1. The van der Waals surface area contributed by atoms with Crippen LogP contribution in [0.25, 0.3) is 0 Å². The molecule has 0 heterocycles. The number of rotatable bonds is 6. The summed E-state index contributed by atoms with van der Waals surface area (Å²) < 4.78 is 1.21. The van der Waals surface area contributed by atoms with Crippen molar-refractivity contribution >= 4 is 15.9 Å². The molecule has 1 aromatic rings. The fourth-order valence-corrected chi connectivity index (χ4v) is 2.31. The second-order valence-corrected chi connectivity index (χ2v) is 5.92. The molecule has 1 fully saturated rings. The molecule has 0 unspecified atom stereocenters. The maximum absolute atomic E-state index is 3.62. The molecule has 2 nitrogen and oxygen atoms in total. The summed E-state index contributed by atoms with van der Waals surface area (Å²) in [4.78, 5) is 2.37. The molecule has 1 N–H and O–H groups in total. The number of hydrogen-bond donors (Lipinski definition) is 1. The van der Waals surface area contributed by atoms with E-state index in [4.69, 9.17) is 0 Å². The Kier molecular flexibility index (Phi) is 4.60. The molecule has 1 aliphatic rings. The van der Waals surface area contributed by atoms with Crippen LogP contribution in [0.5, 0.6) is 0 Å². The van der Waals surface area contributed by atoms with Crippen molar-refractivity contribution < 1.29 is 0 Å². The molecule has 94 valence electrons. The smallest absolute Gasteiger partial charge is 0.0242 e. The Morgan fingerprint density at radius 1 is 1.41 bits per heavy atom. The number of benzene rings is 1. The molecule has 3 heteroatoms. The molecule has 2 rings (SSSR count). The van der Waals surface area contributed by atoms with E-state index in [1.54, 1.807) is 0 Å². The summed E-state index contributed by atoms with van der Waals surface area (Å²) >= 11 is 3.62. The van der Waals surface area contributed by atoms with Crippen LogP contribution in [-0.2, 0) is 6.54 Å². The van der Waals surface area contributed by atoms with Crippen LogP contribution in [0.1, 0.15) is 24.0 Å². The highest BCUT2D eigenvalue weighted by atomic mass is 79.9. The molecular weight excluding hydrogens is 276 g/mol. The maximum Gasteiger partial charge on any atom is 0.0242 e. The Hall–Kier alpha value is -0.380. The summed E-state index contributed by atoms with van der Waals surface area (Å²) in [5.41, 5.74) is 2.70. The van der Waals surface area contributed by atoms with Gasteiger partial charge in [0.1, 0.15) is 0 Å². The molecule has 0 aliphatic heterocycles. The summed E-state index contributed by atoms with van der Waals surface area (Å²) in [5.74, 6) is 0. The first-order valence-corrected chi connectivity index (χ1v) is 7.11. The summed E-state index contributed by atoms with van der Waals surface area (Å²) in [7, 11) is 2.18. The molecule has 0 saturated heterocycles. The van der Waals surface area contributed by atoms with Crippen molar-refractivity contribution in [2.24, 2.45) is 0 Å². The number of nitrogens with zero attached hydrogens (tertiary/aromatic N) is 1. The van der Waals surface area contributed by atoms with E-state index in [9.17, 15) is 0 Å². The third-order valence-corrected chi connectivity index (χ3v) is 3.92. The van der Waals surface area contributed by atoms with Gasteiger partial charge in [-0.1, -0.05) is 33.6 Å². The second kappa shape index (κ2) is 5.98. The van der Waals surface area contributed by atoms with E-state index in [1.165, 1.54) is 28.4 Å². The van der Waals surface area contributed by atoms with Crippen LogP contribution < -0.4 is 5.32 Å². The largest absolute Gasteiger partial charge is 0.313 e. The van der Waals surface area contributed by atoms with E-state index in [0.29, 0.717) is 0 Å². The molecule has 0 bridgehead atoms. The first-order chi connectivity index (χ1) is 8.15. The van der Waals surface area contributed by atoms with Crippen molar-refractivity contribution in [3.63, 3.8) is 0 Å². The molecular formula is C14H21BrN2. The average Bonchev–Trinajstić information content (AvgIpc) is 3.07. The van der Waals surface area contributed by atoms with Crippen molar-refractivity contribution in [2.75, 3.05) is 20.1 Å². The lowest BCUT2D eigenvalue weighted by atomic mass is 10.1. The lowest BCUT2D eigenvalue weighted by Gasteiger charge is -2.18. The van der Waals surface area contributed by atoms with Gasteiger partial charge in [-0.25, -0.2) is 0 Å². The van der Waals surface area contributed by atoms with Gasteiger partial charge < -0.3 is 10.2 Å². The normalized spacial score (nSPS) is 15.5. The Morgan fingerprint density at radius 2 is 2.18 bits per heavy atom. The summed E-state index contributed by atoms with van der Waals surface area (Å²) in [6.07, 6.45) is 2.74. The highest BCUT2D eigenvalue weighted by molar-refractivity contribution is 9.10. The van der Waals surface area contributed by atoms with E-state index in [2.05, 4.69) is 58.3 Å². The molecule has 1 aromatic carbocycles. The quantitative estimate of drug-likeness (QED) is 0.868. The van der Waals surface area contributed by atoms with Crippen LogP contribution in [0.2, 0.25) is 0 Å². The van der Waals surface area contributed by atoms with Gasteiger partial charge in [0.15, 0.2) is 0 Å². The van der Waals surface area contributed by atoms with Crippen LogP contribution in [0.3, 0.4) is 0 Å². The van der Waals surface area contributed by atoms with E-state index in [1.807, 2.05) is 0 Å². The average molecular weight is 297 g/mol. The zero-order valence-corrected chi connectivity index (χ0v) is 12.3. The standard InChI is InChI=1S/C14H21BrN2/c1-11-3-6-14(15)12(9-11)10-17(2)8-7-16-13-4-5-13/h3,6,9,13,16H,4-5,7-8,10H2,1-2H3. The lowest BCUT2D eigenvalue weighted by Crippen LogP contribution is -2.30. The molecule has 0 amide bonds. The monoisotopic (exact) mass is 296 g/mol. The van der Waals surface area contributed by atoms with Gasteiger partial charge in [-0.15, -0.1) is 0 Å². The summed E-state index contributed by atoms with van der Waals surface area (Å²) in [6.45, 7) is 5.36. The Morgan fingerprint density at radius 3 is 2.88 bits per heavy atom. The minimum absolute atomic E-state index is 0.814. The highest BCUT2D eigenvalue weighted by Gasteiger charge is 2.19. The minimum Gasteiger partial charge on any atom is -0.313 e. The predicted octanol–water partition coefficient (Wildman–Crippen LogP) is 2.94. The van der Waals surface area contributed by atoms with Crippen LogP contribution in [0, 0.1) is 6.92 Å². The van der Waals surface area contributed by atoms with Crippen LogP contribution >= 0.6 is 15.9 Å². The SMILES string of the molecule is Cc1ccc(Br)c(CN(C)CCNC2CC2)c1. The van der Waals surface area contributed by atoms with Gasteiger partial charge in [-0.2, -0.15) is 0 Å². The van der Waals surface area contributed by atoms with Gasteiger partial charge in [-0.05, 0) is 38.4 Å². The second-order valence-electron chi connectivity index (χ2n) is 5.06. The fraction of sp³-hybridized carbons (Fsp3) is 0.571. The van der Waals surface area contributed by atoms with Gasteiger partial charge in [-0.3, -0.25) is 0 Å². The van der Waals surface area contributed by atoms with Gasteiger partial charge in [0.05, 0.1) is 0 Å². The number of halogens is 1. The van der Waals surface area contributed by atoms with Crippen molar-refractivity contribution in [3.8, 4) is 0 Å². The Labute approximate surface area is 113 Å². The van der Waals surface area contributed by atoms with Gasteiger partial charge >= 0.3 is 0 Å². The zero-order valence-electron chi connectivity index (χ0n) is 10.7. The van der Waals surface area contributed by atoms with Crippen LogP contribution in [0.4, 0.5) is 0 Å². The minimum atomic E-state index is 0.814. The van der Waals surface area contributed by atoms with Crippen molar-refractivity contribution in [2.45, 2.75) is 32.4 Å². The van der Waals surface area contributed by atoms with Crippen molar-refractivity contribution in [3.05, 3.63) is 33.8 Å². The molecule has 1 aliphatic carbocycles. The molecule has 1 saturated carbocycles. The van der Waals surface area contributed by atoms with Gasteiger partial charge in [0, 0.05) is 30.1 Å². The van der Waals surface area contributed by atoms with E-state index >= 15 is 0 Å². The van der Waals surface area contributed by atoms with Gasteiger partial charge in [0.25, 0.3) is 0 Å². The Balaban J connectivity index is 1.79. The zero-order chi connectivity index (χ0) is 12.3. The van der Waals surface area contributed by atoms with Crippen LogP contribution in [0.15, 0.2) is 22.7 Å². The molecule has 0 spiro atoms. The third-order valence-electron chi connectivity index (χ3n) is 3.15. The highest BCUT2D eigenvalue weighted by Crippen LogP contribution is 2.20.